The highest BCUT2D eigenvalue weighted by molar-refractivity contribution is 6.25. The minimum absolute atomic E-state index is 0.169. The lowest BCUT2D eigenvalue weighted by Gasteiger charge is -2.27. The highest BCUT2D eigenvalue weighted by Crippen LogP contribution is 2.51. The molecule has 0 unspecified atom stereocenters. The van der Waals surface area contributed by atoms with Crippen molar-refractivity contribution < 1.29 is 0 Å². The number of pyridine rings is 1. The number of aromatic nitrogens is 2. The van der Waals surface area contributed by atoms with E-state index in [2.05, 4.69) is 217 Å². The van der Waals surface area contributed by atoms with E-state index in [1.165, 1.54) is 93.5 Å². The molecule has 1 aliphatic rings. The third-order valence-electron chi connectivity index (χ3n) is 12.9. The van der Waals surface area contributed by atoms with Gasteiger partial charge in [-0.2, -0.15) is 0 Å². The first kappa shape index (κ1) is 35.2. The Hall–Kier alpha value is -7.75. The molecule has 0 radical (unpaired) electrons. The SMILES string of the molecule is CC1(C)c2cc(C=Cc3ccc4cc(-c5cc6ccc7cccc8c7c6c(c5)n8-c5ccccc5)ccc4c3)ccc2-c2ccc(N(c3ccccc3)c3ccccn3)cc21. The number of benzene rings is 9. The summed E-state index contributed by atoms with van der Waals surface area (Å²) >= 11 is 0. The zero-order valence-corrected chi connectivity index (χ0v) is 34.0. The molecule has 0 fully saturated rings. The molecule has 0 saturated heterocycles. The summed E-state index contributed by atoms with van der Waals surface area (Å²) in [5.41, 5.74) is 15.8. The average molecular weight is 780 g/mol. The molecule has 9 aromatic carbocycles. The smallest absolute Gasteiger partial charge is 0.137 e. The first-order valence-electron chi connectivity index (χ1n) is 21.1. The topological polar surface area (TPSA) is 21.1 Å². The molecule has 61 heavy (non-hydrogen) atoms. The molecule has 3 nitrogen and oxygen atoms in total. The second-order valence-electron chi connectivity index (χ2n) is 16.9. The lowest BCUT2D eigenvalue weighted by Crippen LogP contribution is -2.17. The third-order valence-corrected chi connectivity index (χ3v) is 12.9. The molecule has 0 aliphatic heterocycles. The lowest BCUT2D eigenvalue weighted by molar-refractivity contribution is 0.660. The summed E-state index contributed by atoms with van der Waals surface area (Å²) in [7, 11) is 0. The van der Waals surface area contributed by atoms with E-state index in [4.69, 9.17) is 4.98 Å². The van der Waals surface area contributed by atoms with E-state index >= 15 is 0 Å². The number of fused-ring (bicyclic) bond motifs is 4. The van der Waals surface area contributed by atoms with Crippen molar-refractivity contribution in [3.8, 4) is 27.9 Å². The largest absolute Gasteiger partial charge is 0.309 e. The number of para-hydroxylation sites is 2. The molecule has 11 aromatic rings. The number of hydrogen-bond donors (Lipinski definition) is 0. The molecule has 12 rings (SSSR count). The van der Waals surface area contributed by atoms with Crippen LogP contribution in [0.5, 0.6) is 0 Å². The van der Waals surface area contributed by atoms with E-state index in [9.17, 15) is 0 Å². The van der Waals surface area contributed by atoms with E-state index in [1.807, 2.05) is 18.3 Å². The van der Waals surface area contributed by atoms with E-state index in [0.717, 1.165) is 17.2 Å². The van der Waals surface area contributed by atoms with Crippen LogP contribution < -0.4 is 4.90 Å². The molecular formula is C58H41N3. The molecule has 0 amide bonds. The fourth-order valence-electron chi connectivity index (χ4n) is 9.92. The number of nitrogens with zero attached hydrogens (tertiary/aromatic N) is 3. The highest BCUT2D eigenvalue weighted by atomic mass is 15.2. The number of hydrogen-bond acceptors (Lipinski definition) is 2. The van der Waals surface area contributed by atoms with Gasteiger partial charge >= 0.3 is 0 Å². The van der Waals surface area contributed by atoms with Gasteiger partial charge in [-0.05, 0) is 145 Å². The second kappa shape index (κ2) is 13.7. The monoisotopic (exact) mass is 779 g/mol. The first-order chi connectivity index (χ1) is 30.0. The molecular weight excluding hydrogens is 739 g/mol. The molecule has 288 valence electrons. The molecule has 2 heterocycles. The van der Waals surface area contributed by atoms with Gasteiger partial charge in [0.15, 0.2) is 0 Å². The van der Waals surface area contributed by atoms with Crippen LogP contribution in [0.4, 0.5) is 17.2 Å². The van der Waals surface area contributed by atoms with Crippen molar-refractivity contribution >= 4 is 72.7 Å². The molecule has 2 aromatic heterocycles. The van der Waals surface area contributed by atoms with Gasteiger partial charge in [0.2, 0.25) is 0 Å². The maximum atomic E-state index is 4.74. The van der Waals surface area contributed by atoms with E-state index in [-0.39, 0.29) is 5.41 Å². The van der Waals surface area contributed by atoms with Gasteiger partial charge in [0.05, 0.1) is 11.0 Å². The Bertz CT molecular complexity index is 3450. The molecule has 0 saturated carbocycles. The van der Waals surface area contributed by atoms with Crippen LogP contribution in [0.15, 0.2) is 200 Å². The molecule has 0 atom stereocenters. The highest BCUT2D eigenvalue weighted by Gasteiger charge is 2.36. The number of rotatable bonds is 7. The van der Waals surface area contributed by atoms with Crippen LogP contribution in [0, 0.1) is 0 Å². The Morgan fingerprint density at radius 3 is 1.93 bits per heavy atom. The summed E-state index contributed by atoms with van der Waals surface area (Å²) in [6.07, 6.45) is 6.36. The van der Waals surface area contributed by atoms with E-state index in [0.29, 0.717) is 0 Å². The predicted octanol–water partition coefficient (Wildman–Crippen LogP) is 15.5. The van der Waals surface area contributed by atoms with Crippen molar-refractivity contribution in [1.29, 1.82) is 0 Å². The third kappa shape index (κ3) is 5.69. The summed E-state index contributed by atoms with van der Waals surface area (Å²) in [5, 5.41) is 7.67. The Kier molecular flexibility index (Phi) is 7.88. The molecule has 0 bridgehead atoms. The van der Waals surface area contributed by atoms with Crippen LogP contribution in [0.2, 0.25) is 0 Å². The molecule has 1 aliphatic carbocycles. The first-order valence-corrected chi connectivity index (χ1v) is 21.1. The van der Waals surface area contributed by atoms with Gasteiger partial charge in [-0.25, -0.2) is 4.98 Å². The van der Waals surface area contributed by atoms with E-state index < -0.39 is 0 Å². The Balaban J connectivity index is 0.848. The predicted molar refractivity (Wildman–Crippen MR) is 258 cm³/mol. The van der Waals surface area contributed by atoms with Crippen molar-refractivity contribution in [3.63, 3.8) is 0 Å². The average Bonchev–Trinajstić information content (AvgIpc) is 3.76. The Morgan fingerprint density at radius 1 is 0.459 bits per heavy atom. The fourth-order valence-corrected chi connectivity index (χ4v) is 9.92. The zero-order valence-electron chi connectivity index (χ0n) is 34.0. The van der Waals surface area contributed by atoms with Gasteiger partial charge < -0.3 is 4.57 Å². The van der Waals surface area contributed by atoms with Gasteiger partial charge in [-0.3, -0.25) is 4.90 Å². The van der Waals surface area contributed by atoms with Crippen LogP contribution in [0.25, 0.3) is 83.4 Å². The van der Waals surface area contributed by atoms with Crippen molar-refractivity contribution in [3.05, 3.63) is 223 Å². The summed E-state index contributed by atoms with van der Waals surface area (Å²) in [5.74, 6) is 0.898. The maximum Gasteiger partial charge on any atom is 0.137 e. The van der Waals surface area contributed by atoms with Crippen LogP contribution in [0.3, 0.4) is 0 Å². The fraction of sp³-hybridized carbons (Fsp3) is 0.0517. The molecule has 0 spiro atoms. The van der Waals surface area contributed by atoms with E-state index in [1.54, 1.807) is 0 Å². The molecule has 0 N–H and O–H groups in total. The quantitative estimate of drug-likeness (QED) is 0.119. The van der Waals surface area contributed by atoms with Crippen LogP contribution >= 0.6 is 0 Å². The van der Waals surface area contributed by atoms with Crippen molar-refractivity contribution in [2.45, 2.75) is 19.3 Å². The lowest BCUT2D eigenvalue weighted by atomic mass is 9.81. The van der Waals surface area contributed by atoms with Gasteiger partial charge in [-0.15, -0.1) is 0 Å². The van der Waals surface area contributed by atoms with Gasteiger partial charge in [0.1, 0.15) is 5.82 Å². The van der Waals surface area contributed by atoms with Gasteiger partial charge in [0.25, 0.3) is 0 Å². The van der Waals surface area contributed by atoms with Gasteiger partial charge in [0, 0.05) is 39.4 Å². The minimum atomic E-state index is -0.169. The number of anilines is 3. The van der Waals surface area contributed by atoms with Gasteiger partial charge in [-0.1, -0.05) is 141 Å². The minimum Gasteiger partial charge on any atom is -0.309 e. The Labute approximate surface area is 355 Å². The van der Waals surface area contributed by atoms with Crippen molar-refractivity contribution in [2.24, 2.45) is 0 Å². The van der Waals surface area contributed by atoms with Crippen LogP contribution in [-0.2, 0) is 5.41 Å². The summed E-state index contributed by atoms with van der Waals surface area (Å²) in [6.45, 7) is 4.70. The van der Waals surface area contributed by atoms with Crippen molar-refractivity contribution in [2.75, 3.05) is 4.90 Å². The molecule has 3 heteroatoms. The summed E-state index contributed by atoms with van der Waals surface area (Å²) in [4.78, 5) is 6.98. The Morgan fingerprint density at radius 2 is 1.11 bits per heavy atom. The normalized spacial score (nSPS) is 13.1. The van der Waals surface area contributed by atoms with Crippen LogP contribution in [0.1, 0.15) is 36.1 Å². The summed E-state index contributed by atoms with van der Waals surface area (Å²) in [6, 6.07) is 70.8. The second-order valence-corrected chi connectivity index (χ2v) is 16.9. The maximum absolute atomic E-state index is 4.74. The standard InChI is InChI=1S/C58H41N3/c1-58(2)51-33-39(22-29-49(51)50-30-28-48(37-52(50)58)60(46-13-5-3-6-14-46)55-18-9-10-31-59-55)20-19-38-21-23-42-34-43(26-25-41(42)32-38)45-35-44-27-24-40-12-11-17-53-56(40)57(44)54(36-45)61(53)47-15-7-4-8-16-47/h3-37H,1-2H3. The summed E-state index contributed by atoms with van der Waals surface area (Å²) < 4.78 is 2.43. The van der Waals surface area contributed by atoms with Crippen molar-refractivity contribution in [1.82, 2.24) is 9.55 Å². The van der Waals surface area contributed by atoms with Crippen LogP contribution in [-0.4, -0.2) is 9.55 Å². The zero-order chi connectivity index (χ0) is 40.7.